The largest absolute Gasteiger partial charge is 0.469 e. The molecule has 18 heavy (non-hydrogen) atoms. The fraction of sp³-hybridized carbons (Fsp3) is 0.636. The van der Waals surface area contributed by atoms with E-state index in [0.29, 0.717) is 0 Å². The van der Waals surface area contributed by atoms with Gasteiger partial charge in [-0.05, 0) is 12.5 Å². The molecule has 1 aliphatic carbocycles. The molecule has 1 fully saturated rings. The molecular weight excluding hydrogens is 244 g/mol. The summed E-state index contributed by atoms with van der Waals surface area (Å²) in [5.74, 6) is -2.91. The van der Waals surface area contributed by atoms with Crippen LogP contribution in [0, 0.1) is 5.92 Å². The van der Waals surface area contributed by atoms with Crippen LogP contribution in [0.25, 0.3) is 0 Å². The highest BCUT2D eigenvalue weighted by Crippen LogP contribution is 2.44. The number of methoxy groups -OCH3 is 1. The third-order valence-electron chi connectivity index (χ3n) is 3.59. The number of hydrogen-bond acceptors (Lipinski definition) is 7. The van der Waals surface area contributed by atoms with E-state index >= 15 is 0 Å². The van der Waals surface area contributed by atoms with Gasteiger partial charge in [-0.3, -0.25) is 4.79 Å². The Balaban J connectivity index is 2.54. The molecule has 2 aliphatic rings. The van der Waals surface area contributed by atoms with Crippen molar-refractivity contribution in [1.29, 1.82) is 0 Å². The van der Waals surface area contributed by atoms with Crippen molar-refractivity contribution in [1.82, 2.24) is 0 Å². The normalized spacial score (nSPS) is 39.4. The summed E-state index contributed by atoms with van der Waals surface area (Å²) in [6.45, 7) is 0.991. The van der Waals surface area contributed by atoms with Gasteiger partial charge in [0.2, 0.25) is 0 Å². The van der Waals surface area contributed by atoms with E-state index in [-0.39, 0.29) is 11.1 Å². The third-order valence-corrected chi connectivity index (χ3v) is 3.59. The molecule has 2 rings (SSSR count). The molecule has 100 valence electrons. The van der Waals surface area contributed by atoms with Crippen LogP contribution in [0.2, 0.25) is 0 Å². The molecule has 0 unspecified atom stereocenters. The Kier molecular flexibility index (Phi) is 2.92. The van der Waals surface area contributed by atoms with Crippen LogP contribution in [0.15, 0.2) is 11.1 Å². The Morgan fingerprint density at radius 1 is 1.50 bits per heavy atom. The van der Waals surface area contributed by atoms with E-state index in [1.54, 1.807) is 0 Å². The first kappa shape index (κ1) is 13.0. The van der Waals surface area contributed by atoms with Crippen LogP contribution in [-0.4, -0.2) is 58.8 Å². The van der Waals surface area contributed by atoms with Crippen LogP contribution in [0.5, 0.6) is 0 Å². The predicted octanol–water partition coefficient (Wildman–Crippen LogP) is -1.88. The number of esters is 2. The van der Waals surface area contributed by atoms with Crippen LogP contribution < -0.4 is 0 Å². The summed E-state index contributed by atoms with van der Waals surface area (Å²) in [4.78, 5) is 23.2. The molecule has 0 spiro atoms. The van der Waals surface area contributed by atoms with E-state index < -0.39 is 42.3 Å². The minimum Gasteiger partial charge on any atom is -0.469 e. The van der Waals surface area contributed by atoms with Gasteiger partial charge in [-0.25, -0.2) is 4.79 Å². The van der Waals surface area contributed by atoms with Gasteiger partial charge in [0.1, 0.15) is 30.3 Å². The van der Waals surface area contributed by atoms with Crippen molar-refractivity contribution in [3.63, 3.8) is 0 Å². The van der Waals surface area contributed by atoms with Crippen LogP contribution >= 0.6 is 0 Å². The molecule has 0 aromatic rings. The average Bonchev–Trinajstić information content (AvgIpc) is 2.52. The lowest BCUT2D eigenvalue weighted by Crippen LogP contribution is -2.59. The summed E-state index contributed by atoms with van der Waals surface area (Å²) < 4.78 is 9.29. The van der Waals surface area contributed by atoms with Crippen molar-refractivity contribution >= 4 is 11.9 Å². The van der Waals surface area contributed by atoms with Gasteiger partial charge in [0.15, 0.2) is 0 Å². The quantitative estimate of drug-likeness (QED) is 0.471. The second-order valence-electron chi connectivity index (χ2n) is 4.45. The maximum atomic E-state index is 11.6. The second kappa shape index (κ2) is 4.04. The molecule has 1 saturated heterocycles. The summed E-state index contributed by atoms with van der Waals surface area (Å²) in [6, 6.07) is 0. The first-order chi connectivity index (χ1) is 8.35. The zero-order valence-corrected chi connectivity index (χ0v) is 9.91. The van der Waals surface area contributed by atoms with E-state index in [2.05, 4.69) is 4.74 Å². The fourth-order valence-electron chi connectivity index (χ4n) is 2.54. The van der Waals surface area contributed by atoms with Crippen LogP contribution in [-0.2, 0) is 19.1 Å². The van der Waals surface area contributed by atoms with Gasteiger partial charge in [-0.1, -0.05) is 0 Å². The Hall–Kier alpha value is -1.44. The van der Waals surface area contributed by atoms with Crippen molar-refractivity contribution in [2.24, 2.45) is 5.92 Å². The Labute approximate surface area is 103 Å². The molecule has 4 atom stereocenters. The van der Waals surface area contributed by atoms with Gasteiger partial charge in [-0.2, -0.15) is 0 Å². The van der Waals surface area contributed by atoms with Crippen LogP contribution in [0.1, 0.15) is 6.92 Å². The van der Waals surface area contributed by atoms with E-state index in [1.807, 2.05) is 0 Å². The Morgan fingerprint density at radius 2 is 2.11 bits per heavy atom. The predicted molar refractivity (Wildman–Crippen MR) is 56.1 cm³/mol. The number of fused-ring (bicyclic) bond motifs is 1. The molecule has 1 heterocycles. The smallest absolute Gasteiger partial charge is 0.337 e. The lowest BCUT2D eigenvalue weighted by Gasteiger charge is -2.38. The standard InChI is InChI=1S/C11H14O7/c1-4-6-10(15)18-3-5(9(14)17-2)11(6,16)8(13)7(4)12/h5,7-8,12-13,16H,3H2,1-2H3/t5-,7-,8-,11+/m1/s1. The van der Waals surface area contributed by atoms with E-state index in [0.717, 1.165) is 7.11 Å². The Morgan fingerprint density at radius 3 is 2.67 bits per heavy atom. The van der Waals surface area contributed by atoms with Crippen molar-refractivity contribution in [2.45, 2.75) is 24.7 Å². The van der Waals surface area contributed by atoms with Gasteiger partial charge in [0, 0.05) is 0 Å². The minimum absolute atomic E-state index is 0.101. The van der Waals surface area contributed by atoms with Gasteiger partial charge in [0.05, 0.1) is 12.7 Å². The lowest BCUT2D eigenvalue weighted by molar-refractivity contribution is -0.184. The van der Waals surface area contributed by atoms with E-state index in [4.69, 9.17) is 4.74 Å². The number of aliphatic hydroxyl groups is 3. The molecule has 0 aromatic heterocycles. The van der Waals surface area contributed by atoms with Crippen molar-refractivity contribution in [3.8, 4) is 0 Å². The second-order valence-corrected chi connectivity index (χ2v) is 4.45. The number of ether oxygens (including phenoxy) is 2. The average molecular weight is 258 g/mol. The molecule has 0 amide bonds. The highest BCUT2D eigenvalue weighted by Gasteiger charge is 2.63. The van der Waals surface area contributed by atoms with E-state index in [1.165, 1.54) is 6.92 Å². The summed E-state index contributed by atoms with van der Waals surface area (Å²) in [7, 11) is 1.12. The fourth-order valence-corrected chi connectivity index (χ4v) is 2.54. The molecule has 0 saturated carbocycles. The first-order valence-electron chi connectivity index (χ1n) is 5.40. The molecule has 1 aliphatic heterocycles. The number of cyclic esters (lactones) is 1. The number of carbonyl (C=O) groups excluding carboxylic acids is 2. The molecule has 0 radical (unpaired) electrons. The minimum atomic E-state index is -2.16. The zero-order chi connectivity index (χ0) is 13.7. The topological polar surface area (TPSA) is 113 Å². The SMILES string of the molecule is COC(=O)[C@H]1COC(=O)C2=C(C)[C@@H](O)[C@@H](O)[C@@]21O. The molecule has 0 aromatic carbocycles. The molecule has 7 heteroatoms. The first-order valence-corrected chi connectivity index (χ1v) is 5.40. The van der Waals surface area contributed by atoms with Crippen molar-refractivity contribution in [2.75, 3.05) is 13.7 Å². The van der Waals surface area contributed by atoms with Gasteiger partial charge in [0.25, 0.3) is 0 Å². The summed E-state index contributed by atoms with van der Waals surface area (Å²) >= 11 is 0. The highest BCUT2D eigenvalue weighted by molar-refractivity contribution is 5.96. The maximum Gasteiger partial charge on any atom is 0.337 e. The zero-order valence-electron chi connectivity index (χ0n) is 9.91. The highest BCUT2D eigenvalue weighted by atomic mass is 16.6. The summed E-state index contributed by atoms with van der Waals surface area (Å²) in [6.07, 6.45) is -3.08. The maximum absolute atomic E-state index is 11.6. The lowest BCUT2D eigenvalue weighted by atomic mass is 9.78. The van der Waals surface area contributed by atoms with Crippen molar-refractivity contribution in [3.05, 3.63) is 11.1 Å². The van der Waals surface area contributed by atoms with Crippen LogP contribution in [0.3, 0.4) is 0 Å². The molecule has 7 nitrogen and oxygen atoms in total. The molecule has 0 bridgehead atoms. The Bertz CT molecular complexity index is 441. The number of aliphatic hydroxyl groups excluding tert-OH is 2. The van der Waals surface area contributed by atoms with Gasteiger partial charge >= 0.3 is 11.9 Å². The molecular formula is C11H14O7. The molecule has 3 N–H and O–H groups in total. The third kappa shape index (κ3) is 1.41. The monoisotopic (exact) mass is 258 g/mol. The van der Waals surface area contributed by atoms with E-state index in [9.17, 15) is 24.9 Å². The van der Waals surface area contributed by atoms with Crippen LogP contribution in [0.4, 0.5) is 0 Å². The number of carbonyl (C=O) groups is 2. The van der Waals surface area contributed by atoms with Gasteiger partial charge in [-0.15, -0.1) is 0 Å². The number of rotatable bonds is 1. The van der Waals surface area contributed by atoms with Gasteiger partial charge < -0.3 is 24.8 Å². The summed E-state index contributed by atoms with van der Waals surface area (Å²) in [5, 5.41) is 30.1. The number of hydrogen-bond donors (Lipinski definition) is 3. The summed E-state index contributed by atoms with van der Waals surface area (Å²) in [5.41, 5.74) is -2.32. The van der Waals surface area contributed by atoms with Crippen molar-refractivity contribution < 1.29 is 34.4 Å².